The first-order valence-electron chi connectivity index (χ1n) is 38.5. The van der Waals surface area contributed by atoms with Gasteiger partial charge in [-0.3, -0.25) is 4.57 Å². The average molecular weight is 1730 g/mol. The molecule has 5 heterocycles. The molecular weight excluding hydrogens is 1670 g/mol. The van der Waals surface area contributed by atoms with Crippen LogP contribution in [0.2, 0.25) is 0 Å². The summed E-state index contributed by atoms with van der Waals surface area (Å²) in [5, 5.41) is 4.62. The molecule has 0 amide bonds. The first-order chi connectivity index (χ1) is 60.4. The molecule has 0 fully saturated rings. The van der Waals surface area contributed by atoms with Crippen LogP contribution in [0, 0.1) is 143 Å². The maximum Gasteiger partial charge on any atom is 0.213 e. The zero-order chi connectivity index (χ0) is 88.6. The summed E-state index contributed by atoms with van der Waals surface area (Å²) in [4.78, 5) is 0. The Bertz CT molecular complexity index is 7460. The molecule has 0 spiro atoms. The highest BCUT2D eigenvalue weighted by molar-refractivity contribution is 6.20. The fraction of sp³-hybridized carbons (Fsp3) is 0.0600. The van der Waals surface area contributed by atoms with Gasteiger partial charge in [-0.05, 0) is 175 Å². The smallest absolute Gasteiger partial charge is 0.213 e. The zero-order valence-corrected chi connectivity index (χ0v) is 65.1. The lowest BCUT2D eigenvalue weighted by atomic mass is 9.83. The van der Waals surface area contributed by atoms with Crippen LogP contribution in [-0.4, -0.2) is 13.7 Å². The van der Waals surface area contributed by atoms with Gasteiger partial charge in [-0.25, -0.2) is 92.2 Å². The molecule has 26 heteroatoms. The van der Waals surface area contributed by atoms with Gasteiger partial charge in [0.05, 0.1) is 27.5 Å². The number of nitrogens with zero attached hydrogens (tertiary/aromatic N) is 3. The zero-order valence-electron chi connectivity index (χ0n) is 65.1. The molecule has 0 N–H and O–H groups in total. The summed E-state index contributed by atoms with van der Waals surface area (Å²) >= 11 is 0. The van der Waals surface area contributed by atoms with E-state index in [2.05, 4.69) is 0 Å². The number of rotatable bonds is 12. The Balaban J connectivity index is 0.000000128. The Kier molecular flexibility index (Phi) is 20.8. The fourth-order valence-corrected chi connectivity index (χ4v) is 17.3. The van der Waals surface area contributed by atoms with Gasteiger partial charge in [-0.15, -0.1) is 0 Å². The van der Waals surface area contributed by atoms with E-state index in [1.807, 2.05) is 6.07 Å². The number of para-hydroxylation sites is 6. The Hall–Kier alpha value is -14.7. The highest BCUT2D eigenvalue weighted by atomic mass is 19.2. The molecule has 20 aromatic rings. The molecule has 0 aliphatic carbocycles. The summed E-state index contributed by atoms with van der Waals surface area (Å²) < 4.78 is 336. The van der Waals surface area contributed by atoms with E-state index in [4.69, 9.17) is 8.83 Å². The number of fused-ring (bicyclic) bond motifs is 13. The van der Waals surface area contributed by atoms with Crippen LogP contribution in [0.3, 0.4) is 0 Å². The topological polar surface area (TPSA) is 41.1 Å². The van der Waals surface area contributed by atoms with E-state index in [1.54, 1.807) is 140 Å². The van der Waals surface area contributed by atoms with Crippen molar-refractivity contribution in [1.82, 2.24) is 13.7 Å². The van der Waals surface area contributed by atoms with Crippen LogP contribution in [-0.2, 0) is 0 Å². The van der Waals surface area contributed by atoms with E-state index < -0.39 is 207 Å². The lowest BCUT2D eigenvalue weighted by Gasteiger charge is -2.23. The van der Waals surface area contributed by atoms with E-state index >= 15 is 79.0 Å². The van der Waals surface area contributed by atoms with E-state index in [-0.39, 0.29) is 22.4 Å². The van der Waals surface area contributed by atoms with Crippen LogP contribution in [0.4, 0.5) is 92.2 Å². The molecule has 0 saturated carbocycles. The van der Waals surface area contributed by atoms with Crippen molar-refractivity contribution >= 4 is 87.7 Å². The van der Waals surface area contributed by atoms with Crippen molar-refractivity contribution in [2.75, 3.05) is 0 Å². The molecule has 15 aromatic carbocycles. The summed E-state index contributed by atoms with van der Waals surface area (Å²) in [5.41, 5.74) is -4.27. The largest absolute Gasteiger partial charge is 0.454 e. The summed E-state index contributed by atoms with van der Waals surface area (Å²) in [6.45, 7) is 4.21. The van der Waals surface area contributed by atoms with Gasteiger partial charge >= 0.3 is 0 Å². The van der Waals surface area contributed by atoms with Crippen LogP contribution in [0.15, 0.2) is 264 Å². The summed E-state index contributed by atoms with van der Waals surface area (Å²) in [6.07, 6.45) is 0. The SMILES string of the molecule is Cc1cc(F)c(C(c2cc(F)c(-n3c4ccccc4c4c5ccccc5oc43)c(F)c2)c2c(F)cc(F)cc2F)c(F)c1.Cc1cc(F)c(C(c2cc(F)c(-n3c4ccccc4c4ccccc43)c(F)c2)c2c(F)cc(F)cc2F)c(F)c1.Cc1cc(F)c(C(c2cc(F)c(-n3c4ccccc4c4oc5ccccc5c43)c(F)c2)c2c(F)cc(F)cc2F)c(F)c1. The second-order valence-electron chi connectivity index (χ2n) is 30.2. The minimum atomic E-state index is -2.01. The fourth-order valence-electron chi connectivity index (χ4n) is 17.3. The Morgan fingerprint density at radius 3 is 0.810 bits per heavy atom. The Morgan fingerprint density at radius 1 is 0.222 bits per heavy atom. The third-order valence-electron chi connectivity index (χ3n) is 22.3. The number of benzene rings is 15. The predicted octanol–water partition coefficient (Wildman–Crippen LogP) is 29.2. The number of furan rings is 2. The maximum atomic E-state index is 16.2. The molecule has 628 valence electrons. The molecule has 126 heavy (non-hydrogen) atoms. The lowest BCUT2D eigenvalue weighted by Crippen LogP contribution is -2.15. The van der Waals surface area contributed by atoms with Gasteiger partial charge < -0.3 is 18.0 Å². The van der Waals surface area contributed by atoms with Gasteiger partial charge in [0.2, 0.25) is 5.71 Å². The van der Waals surface area contributed by atoms with Crippen molar-refractivity contribution in [1.29, 1.82) is 0 Å². The van der Waals surface area contributed by atoms with Crippen molar-refractivity contribution in [2.24, 2.45) is 0 Å². The number of halogens is 21. The highest BCUT2D eigenvalue weighted by Gasteiger charge is 2.38. The van der Waals surface area contributed by atoms with Crippen molar-refractivity contribution in [3.8, 4) is 17.1 Å². The van der Waals surface area contributed by atoms with Gasteiger partial charge in [0.15, 0.2) is 40.5 Å². The van der Waals surface area contributed by atoms with Crippen molar-refractivity contribution < 1.29 is 101 Å². The molecule has 0 bridgehead atoms. The normalized spacial score (nSPS) is 12.5. The quantitative estimate of drug-likeness (QED) is 0.0903. The maximum absolute atomic E-state index is 16.2. The summed E-state index contributed by atoms with van der Waals surface area (Å²) in [7, 11) is 0. The number of aryl methyl sites for hydroxylation is 3. The third kappa shape index (κ3) is 13.9. The molecular formula is C100H54F21N3O2. The third-order valence-corrected chi connectivity index (χ3v) is 22.3. The van der Waals surface area contributed by atoms with E-state index in [1.165, 1.54) is 34.5 Å². The van der Waals surface area contributed by atoms with Crippen molar-refractivity contribution in [3.05, 3.63) is 444 Å². The van der Waals surface area contributed by atoms with E-state index in [0.717, 1.165) is 89.0 Å². The van der Waals surface area contributed by atoms with Gasteiger partial charge in [-0.2, -0.15) is 0 Å². The van der Waals surface area contributed by atoms with Crippen molar-refractivity contribution in [2.45, 2.75) is 38.5 Å². The van der Waals surface area contributed by atoms with Crippen LogP contribution in [0.1, 0.15) is 84.5 Å². The Labute approximate surface area is 698 Å². The van der Waals surface area contributed by atoms with Crippen LogP contribution < -0.4 is 0 Å². The molecule has 3 unspecified atom stereocenters. The van der Waals surface area contributed by atoms with Gasteiger partial charge in [0.1, 0.15) is 121 Å². The first kappa shape index (κ1) is 82.3. The van der Waals surface area contributed by atoms with Gasteiger partial charge in [0.25, 0.3) is 0 Å². The molecule has 3 atom stereocenters. The second-order valence-corrected chi connectivity index (χ2v) is 30.2. The molecule has 0 aliphatic rings. The first-order valence-corrected chi connectivity index (χ1v) is 38.5. The van der Waals surface area contributed by atoms with E-state index in [9.17, 15) is 13.2 Å². The lowest BCUT2D eigenvalue weighted by molar-refractivity contribution is 0.502. The minimum Gasteiger partial charge on any atom is -0.454 e. The van der Waals surface area contributed by atoms with Gasteiger partial charge in [-0.1, -0.05) is 97.1 Å². The molecule has 5 aromatic heterocycles. The molecule has 20 rings (SSSR count). The van der Waals surface area contributed by atoms with E-state index in [0.29, 0.717) is 102 Å². The van der Waals surface area contributed by atoms with Crippen LogP contribution in [0.25, 0.3) is 105 Å². The highest BCUT2D eigenvalue weighted by Crippen LogP contribution is 2.49. The molecule has 0 aliphatic heterocycles. The molecule has 0 radical (unpaired) electrons. The predicted molar refractivity (Wildman–Crippen MR) is 437 cm³/mol. The molecule has 5 nitrogen and oxygen atoms in total. The van der Waals surface area contributed by atoms with Crippen LogP contribution >= 0.6 is 0 Å². The Morgan fingerprint density at radius 2 is 0.468 bits per heavy atom. The van der Waals surface area contributed by atoms with Crippen LogP contribution in [0.5, 0.6) is 0 Å². The number of aromatic nitrogens is 3. The number of hydrogen-bond acceptors (Lipinski definition) is 2. The second kappa shape index (κ2) is 31.9. The van der Waals surface area contributed by atoms with Gasteiger partial charge in [0, 0.05) is 120 Å². The minimum absolute atomic E-state index is 0.149. The number of hydrogen-bond donors (Lipinski definition) is 0. The average Bonchev–Trinajstić information content (AvgIpc) is 1.55. The molecule has 0 saturated heterocycles. The van der Waals surface area contributed by atoms with Crippen molar-refractivity contribution in [3.63, 3.8) is 0 Å². The summed E-state index contributed by atoms with van der Waals surface area (Å²) in [6, 6.07) is 53.9. The monoisotopic (exact) mass is 1730 g/mol. The summed E-state index contributed by atoms with van der Waals surface area (Å²) in [5.74, 6) is -32.8. The standard InChI is InChI=1S/2C34H18F7NO.C32H18F7N/c1-16-10-21(36)30(22(37)11-16)29(31-23(38)14-18(35)15-24(31)39)17-12-25(40)33(26(41)13-17)42-27-8-4-2-6-19(27)34-32(42)20-7-3-5-9-28(20)43-34;1-16-10-21(36)31(22(37)11-16)29(32-23(38)14-18(35)15-24(32)39)17-12-25(40)33(26(41)13-17)42-27-8-4-2-6-19(27)30-20-7-3-5-9-28(20)43-34(30)42;1-16-10-21(34)30(22(35)11-16)29(31-23(36)14-18(33)15-24(31)37)17-12-25(38)32(26(39)13-17)40-27-8-4-2-6-19(27)20-7-3-5-9-28(20)40/h2*2-15,29H,1H3;2-15,29H,1H3.